The van der Waals surface area contributed by atoms with Crippen molar-refractivity contribution in [1.82, 2.24) is 4.98 Å². The van der Waals surface area contributed by atoms with Crippen molar-refractivity contribution in [2.24, 2.45) is 0 Å². The zero-order chi connectivity index (χ0) is 12.4. The number of anilines is 2. The Balaban J connectivity index is 2.52. The predicted octanol–water partition coefficient (Wildman–Crippen LogP) is 1.63. The second-order valence-electron chi connectivity index (χ2n) is 4.21. The zero-order valence-electron chi connectivity index (χ0n) is 10.1. The summed E-state index contributed by atoms with van der Waals surface area (Å²) in [5, 5.41) is 10.1. The highest BCUT2D eigenvalue weighted by Gasteiger charge is 2.13. The van der Waals surface area contributed by atoms with Crippen LogP contribution in [0.1, 0.15) is 6.92 Å². The van der Waals surface area contributed by atoms with Gasteiger partial charge in [-0.15, -0.1) is 0 Å². The van der Waals surface area contributed by atoms with Gasteiger partial charge in [0.05, 0.1) is 23.5 Å². The van der Waals surface area contributed by atoms with E-state index >= 15 is 0 Å². The van der Waals surface area contributed by atoms with Gasteiger partial charge in [-0.25, -0.2) is 0 Å². The number of aliphatic hydroxyl groups excluding tert-OH is 1. The fourth-order valence-electron chi connectivity index (χ4n) is 1.83. The number of nitrogens with two attached hydrogens (primary N) is 1. The van der Waals surface area contributed by atoms with E-state index in [2.05, 4.69) is 4.98 Å². The van der Waals surface area contributed by atoms with Crippen molar-refractivity contribution >= 4 is 22.3 Å². The molecule has 0 spiro atoms. The molecule has 4 nitrogen and oxygen atoms in total. The number of pyridine rings is 1. The van der Waals surface area contributed by atoms with Gasteiger partial charge < -0.3 is 15.7 Å². The molecule has 0 fully saturated rings. The van der Waals surface area contributed by atoms with E-state index < -0.39 is 0 Å². The van der Waals surface area contributed by atoms with Crippen LogP contribution < -0.4 is 10.6 Å². The van der Waals surface area contributed by atoms with E-state index in [9.17, 15) is 5.11 Å². The summed E-state index contributed by atoms with van der Waals surface area (Å²) in [6, 6.07) is 7.75. The van der Waals surface area contributed by atoms with Crippen LogP contribution in [0.4, 0.5) is 11.4 Å². The molecule has 1 aromatic heterocycles. The topological polar surface area (TPSA) is 62.4 Å². The summed E-state index contributed by atoms with van der Waals surface area (Å²) < 4.78 is 0. The molecule has 3 N–H and O–H groups in total. The first-order valence-electron chi connectivity index (χ1n) is 5.62. The normalized spacial score (nSPS) is 12.6. The number of likely N-dealkylation sites (N-methyl/N-ethyl adjacent to an activating group) is 1. The number of nitrogens with zero attached hydrogens (tertiary/aromatic N) is 2. The number of rotatable bonds is 3. The summed E-state index contributed by atoms with van der Waals surface area (Å²) in [6.07, 6.45) is 1.75. The Bertz CT molecular complexity index is 527. The van der Waals surface area contributed by atoms with E-state index in [0.717, 1.165) is 16.6 Å². The summed E-state index contributed by atoms with van der Waals surface area (Å²) in [6.45, 7) is 2.05. The molecular weight excluding hydrogens is 214 g/mol. The van der Waals surface area contributed by atoms with Crippen LogP contribution in [0.2, 0.25) is 0 Å². The molecule has 0 saturated heterocycles. The fourth-order valence-corrected chi connectivity index (χ4v) is 1.83. The van der Waals surface area contributed by atoms with Crippen LogP contribution in [0.5, 0.6) is 0 Å². The molecule has 17 heavy (non-hydrogen) atoms. The first kappa shape index (κ1) is 11.7. The molecule has 0 aliphatic carbocycles. The molecule has 0 aliphatic rings. The van der Waals surface area contributed by atoms with E-state index in [-0.39, 0.29) is 12.6 Å². The zero-order valence-corrected chi connectivity index (χ0v) is 10.1. The number of benzene rings is 1. The molecule has 4 heteroatoms. The first-order valence-corrected chi connectivity index (χ1v) is 5.62. The third kappa shape index (κ3) is 2.03. The molecule has 1 atom stereocenters. The van der Waals surface area contributed by atoms with Crippen molar-refractivity contribution < 1.29 is 5.11 Å². The van der Waals surface area contributed by atoms with Crippen molar-refractivity contribution in [3.05, 3.63) is 30.5 Å². The number of nitrogen functional groups attached to an aromatic ring is 1. The number of aromatic nitrogens is 1. The minimum absolute atomic E-state index is 0.0337. The van der Waals surface area contributed by atoms with Crippen LogP contribution in [0.3, 0.4) is 0 Å². The van der Waals surface area contributed by atoms with Gasteiger partial charge in [-0.05, 0) is 31.2 Å². The molecule has 90 valence electrons. The molecule has 0 saturated carbocycles. The lowest BCUT2D eigenvalue weighted by molar-refractivity contribution is 0.270. The lowest BCUT2D eigenvalue weighted by atomic mass is 10.1. The maximum absolute atomic E-state index is 9.18. The quantitative estimate of drug-likeness (QED) is 0.788. The smallest absolute Gasteiger partial charge is 0.0724 e. The highest BCUT2D eigenvalue weighted by molar-refractivity contribution is 5.97. The van der Waals surface area contributed by atoms with Crippen molar-refractivity contribution in [2.75, 3.05) is 24.3 Å². The maximum atomic E-state index is 9.18. The standard InChI is InChI=1S/C13H17N3O/c1-9(8-17)16(2)12-6-5-11-10(13(12)14)4-3-7-15-11/h3-7,9,17H,8,14H2,1-2H3. The Hall–Kier alpha value is -1.81. The van der Waals surface area contributed by atoms with E-state index in [1.165, 1.54) is 0 Å². The molecule has 2 rings (SSSR count). The van der Waals surface area contributed by atoms with Gasteiger partial charge in [-0.2, -0.15) is 0 Å². The van der Waals surface area contributed by atoms with Crippen LogP contribution >= 0.6 is 0 Å². The number of hydrogen-bond acceptors (Lipinski definition) is 4. The van der Waals surface area contributed by atoms with E-state index in [0.29, 0.717) is 5.69 Å². The molecule has 0 aliphatic heterocycles. The average molecular weight is 231 g/mol. The van der Waals surface area contributed by atoms with Gasteiger partial charge >= 0.3 is 0 Å². The molecule has 0 bridgehead atoms. The second-order valence-corrected chi connectivity index (χ2v) is 4.21. The Labute approximate surface area is 101 Å². The maximum Gasteiger partial charge on any atom is 0.0724 e. The van der Waals surface area contributed by atoms with Gasteiger partial charge in [-0.3, -0.25) is 4.98 Å². The Morgan fingerprint density at radius 2 is 2.18 bits per heavy atom. The third-order valence-corrected chi connectivity index (χ3v) is 3.11. The highest BCUT2D eigenvalue weighted by atomic mass is 16.3. The van der Waals surface area contributed by atoms with Gasteiger partial charge in [0.1, 0.15) is 0 Å². The van der Waals surface area contributed by atoms with Crippen LogP contribution in [0.25, 0.3) is 10.9 Å². The van der Waals surface area contributed by atoms with Crippen molar-refractivity contribution in [3.63, 3.8) is 0 Å². The van der Waals surface area contributed by atoms with Gasteiger partial charge in [0, 0.05) is 24.7 Å². The fraction of sp³-hybridized carbons (Fsp3) is 0.308. The molecule has 2 aromatic rings. The largest absolute Gasteiger partial charge is 0.396 e. The summed E-state index contributed by atoms with van der Waals surface area (Å²) in [7, 11) is 1.93. The molecule has 0 amide bonds. The summed E-state index contributed by atoms with van der Waals surface area (Å²) in [5.41, 5.74) is 8.67. The minimum Gasteiger partial charge on any atom is -0.396 e. The monoisotopic (exact) mass is 231 g/mol. The van der Waals surface area contributed by atoms with Crippen LogP contribution in [-0.2, 0) is 0 Å². The Morgan fingerprint density at radius 1 is 1.41 bits per heavy atom. The SMILES string of the molecule is CC(CO)N(C)c1ccc2ncccc2c1N. The van der Waals surface area contributed by atoms with E-state index in [1.807, 2.05) is 43.1 Å². The van der Waals surface area contributed by atoms with Crippen LogP contribution in [-0.4, -0.2) is 29.8 Å². The minimum atomic E-state index is 0.0337. The summed E-state index contributed by atoms with van der Waals surface area (Å²) in [5.74, 6) is 0. The van der Waals surface area contributed by atoms with E-state index in [1.54, 1.807) is 6.20 Å². The molecule has 0 radical (unpaired) electrons. The average Bonchev–Trinajstić information content (AvgIpc) is 2.38. The summed E-state index contributed by atoms with van der Waals surface area (Å²) >= 11 is 0. The van der Waals surface area contributed by atoms with Gasteiger partial charge in [0.25, 0.3) is 0 Å². The number of aliphatic hydroxyl groups is 1. The number of hydrogen-bond donors (Lipinski definition) is 2. The molecular formula is C13H17N3O. The molecule has 1 heterocycles. The van der Waals surface area contributed by atoms with Gasteiger partial charge in [0.2, 0.25) is 0 Å². The Morgan fingerprint density at radius 3 is 2.88 bits per heavy atom. The van der Waals surface area contributed by atoms with Crippen molar-refractivity contribution in [2.45, 2.75) is 13.0 Å². The van der Waals surface area contributed by atoms with Crippen LogP contribution in [0.15, 0.2) is 30.5 Å². The highest BCUT2D eigenvalue weighted by Crippen LogP contribution is 2.30. The Kier molecular flexibility index (Phi) is 3.15. The van der Waals surface area contributed by atoms with Crippen LogP contribution in [0, 0.1) is 0 Å². The molecule has 1 unspecified atom stereocenters. The van der Waals surface area contributed by atoms with E-state index in [4.69, 9.17) is 5.73 Å². The molecule has 1 aromatic carbocycles. The number of fused-ring (bicyclic) bond motifs is 1. The van der Waals surface area contributed by atoms with Crippen molar-refractivity contribution in [3.8, 4) is 0 Å². The lowest BCUT2D eigenvalue weighted by Crippen LogP contribution is -2.32. The second kappa shape index (κ2) is 4.59. The third-order valence-electron chi connectivity index (χ3n) is 3.11. The first-order chi connectivity index (χ1) is 8.15. The van der Waals surface area contributed by atoms with Gasteiger partial charge in [0.15, 0.2) is 0 Å². The predicted molar refractivity (Wildman–Crippen MR) is 71.1 cm³/mol. The summed E-state index contributed by atoms with van der Waals surface area (Å²) in [4.78, 5) is 6.23. The van der Waals surface area contributed by atoms with Crippen molar-refractivity contribution in [1.29, 1.82) is 0 Å². The lowest BCUT2D eigenvalue weighted by Gasteiger charge is -2.27. The van der Waals surface area contributed by atoms with Gasteiger partial charge in [-0.1, -0.05) is 0 Å².